The van der Waals surface area contributed by atoms with E-state index in [1.54, 1.807) is 0 Å². The molecule has 3 fully saturated rings. The van der Waals surface area contributed by atoms with Gasteiger partial charge in [-0.1, -0.05) is 29.5 Å². The lowest BCUT2D eigenvalue weighted by atomic mass is 9.84. The zero-order chi connectivity index (χ0) is 14.2. The van der Waals surface area contributed by atoms with Crippen LogP contribution in [0.3, 0.4) is 0 Å². The normalized spacial score (nSPS) is 28.0. The van der Waals surface area contributed by atoms with E-state index in [0.717, 1.165) is 23.7 Å². The van der Waals surface area contributed by atoms with Crippen LogP contribution >= 0.6 is 0 Å². The Kier molecular flexibility index (Phi) is 3.22. The Balaban J connectivity index is 1.57. The molecule has 1 aromatic heterocycles. The van der Waals surface area contributed by atoms with Gasteiger partial charge in [-0.3, -0.25) is 0 Å². The molecule has 3 aliphatic heterocycles. The molecule has 0 unspecified atom stereocenters. The second kappa shape index (κ2) is 5.22. The molecule has 3 aliphatic rings. The largest absolute Gasteiger partial charge is 0.301 e. The highest BCUT2D eigenvalue weighted by Crippen LogP contribution is 2.35. The van der Waals surface area contributed by atoms with Crippen molar-refractivity contribution in [2.45, 2.75) is 25.6 Å². The zero-order valence-electron chi connectivity index (χ0n) is 12.0. The summed E-state index contributed by atoms with van der Waals surface area (Å²) in [5.74, 6) is 0.735. The molecule has 0 saturated carbocycles. The minimum absolute atomic E-state index is 0.424. The summed E-state index contributed by atoms with van der Waals surface area (Å²) in [7, 11) is 0. The summed E-state index contributed by atoms with van der Waals surface area (Å²) in [6, 6.07) is 7.91. The summed E-state index contributed by atoms with van der Waals surface area (Å²) in [5.41, 5.74) is 2.57. The quantitative estimate of drug-likeness (QED) is 0.869. The number of rotatable bonds is 3. The van der Waals surface area contributed by atoms with Crippen molar-refractivity contribution in [1.82, 2.24) is 19.9 Å². The van der Waals surface area contributed by atoms with Gasteiger partial charge < -0.3 is 4.90 Å². The number of alkyl halides is 1. The number of hydrogen-bond acceptors (Lipinski definition) is 3. The van der Waals surface area contributed by atoms with Gasteiger partial charge in [0.05, 0.1) is 12.2 Å². The summed E-state index contributed by atoms with van der Waals surface area (Å²) in [6.45, 7) is 3.13. The predicted octanol–water partition coefficient (Wildman–Crippen LogP) is 2.68. The molecule has 0 N–H and O–H groups in total. The Morgan fingerprint density at radius 3 is 2.52 bits per heavy atom. The van der Waals surface area contributed by atoms with Crippen LogP contribution in [0.25, 0.3) is 11.3 Å². The third-order valence-electron chi connectivity index (χ3n) is 4.88. The highest BCUT2D eigenvalue weighted by Gasteiger charge is 2.35. The molecule has 0 amide bonds. The maximum Gasteiger partial charge on any atom is 0.115 e. The van der Waals surface area contributed by atoms with E-state index in [0.29, 0.717) is 11.6 Å². The van der Waals surface area contributed by atoms with Crippen LogP contribution in [0.5, 0.6) is 0 Å². The van der Waals surface area contributed by atoms with E-state index in [4.69, 9.17) is 0 Å². The van der Waals surface area contributed by atoms with Crippen LogP contribution in [0.1, 0.15) is 24.4 Å². The molecule has 1 aromatic carbocycles. The Hall–Kier alpha value is -1.75. The van der Waals surface area contributed by atoms with Crippen LogP contribution in [0.4, 0.5) is 4.39 Å². The summed E-state index contributed by atoms with van der Waals surface area (Å²) >= 11 is 0. The SMILES string of the molecule is [18F]Cc1ccc(-c2cn([C@H]3CN4CCC3CC4)nn2)cc1. The summed E-state index contributed by atoms with van der Waals surface area (Å²) in [5, 5.41) is 8.64. The Morgan fingerprint density at radius 1 is 1.14 bits per heavy atom. The van der Waals surface area contributed by atoms with E-state index in [-0.39, 0.29) is 0 Å². The highest BCUT2D eigenvalue weighted by atomic mass is 18.2. The van der Waals surface area contributed by atoms with Gasteiger partial charge in [-0.2, -0.15) is 0 Å². The van der Waals surface area contributed by atoms with Gasteiger partial charge in [-0.25, -0.2) is 9.07 Å². The zero-order valence-corrected chi connectivity index (χ0v) is 12.0. The van der Waals surface area contributed by atoms with Gasteiger partial charge >= 0.3 is 0 Å². The standard InChI is InChI=1S/C16H19FN4/c17-9-12-1-3-13(4-2-12)15-10-21(19-18-15)16-11-20-7-5-14(16)6-8-20/h1-4,10,14,16H,5-9,11H2/t16-/m0/s1/i17-1. The number of nitrogens with zero attached hydrogens (tertiary/aromatic N) is 4. The minimum atomic E-state index is -0.424. The third-order valence-corrected chi connectivity index (χ3v) is 4.88. The number of benzene rings is 1. The number of aromatic nitrogens is 3. The summed E-state index contributed by atoms with van der Waals surface area (Å²) < 4.78 is 14.6. The lowest BCUT2D eigenvalue weighted by molar-refractivity contribution is 0.0504. The van der Waals surface area contributed by atoms with Gasteiger partial charge in [-0.05, 0) is 37.4 Å². The molecule has 5 heteroatoms. The molecule has 0 spiro atoms. The molecule has 2 bridgehead atoms. The van der Waals surface area contributed by atoms with Gasteiger partial charge in [0.2, 0.25) is 0 Å². The van der Waals surface area contributed by atoms with Crippen LogP contribution in [-0.2, 0) is 6.67 Å². The van der Waals surface area contributed by atoms with Crippen LogP contribution in [0.15, 0.2) is 30.5 Å². The van der Waals surface area contributed by atoms with E-state index >= 15 is 0 Å². The maximum absolute atomic E-state index is 12.6. The smallest absolute Gasteiger partial charge is 0.115 e. The average molecular weight is 285 g/mol. The van der Waals surface area contributed by atoms with Crippen LogP contribution in [-0.4, -0.2) is 39.5 Å². The van der Waals surface area contributed by atoms with Gasteiger partial charge in [0, 0.05) is 12.1 Å². The predicted molar refractivity (Wildman–Crippen MR) is 78.5 cm³/mol. The molecular formula is C16H19FN4. The van der Waals surface area contributed by atoms with E-state index < -0.39 is 6.67 Å². The first-order chi connectivity index (χ1) is 10.3. The molecule has 1 atom stereocenters. The molecule has 4 nitrogen and oxygen atoms in total. The fraction of sp³-hybridized carbons (Fsp3) is 0.500. The van der Waals surface area contributed by atoms with E-state index in [9.17, 15) is 4.39 Å². The van der Waals surface area contributed by atoms with E-state index in [2.05, 4.69) is 15.2 Å². The Labute approximate surface area is 123 Å². The van der Waals surface area contributed by atoms with Crippen LogP contribution < -0.4 is 0 Å². The number of hydrogen-bond donors (Lipinski definition) is 0. The van der Waals surface area contributed by atoms with Crippen molar-refractivity contribution in [2.24, 2.45) is 5.92 Å². The number of fused-ring (bicyclic) bond motifs is 3. The minimum Gasteiger partial charge on any atom is -0.301 e. The number of piperidine rings is 3. The monoisotopic (exact) mass is 285 g/mol. The molecule has 4 heterocycles. The molecule has 5 rings (SSSR count). The van der Waals surface area contributed by atoms with Crippen molar-refractivity contribution < 1.29 is 4.39 Å². The second-order valence-corrected chi connectivity index (χ2v) is 6.12. The number of halogens is 1. The van der Waals surface area contributed by atoms with Crippen molar-refractivity contribution >= 4 is 0 Å². The lowest BCUT2D eigenvalue weighted by Gasteiger charge is -2.44. The fourth-order valence-corrected chi connectivity index (χ4v) is 3.57. The Morgan fingerprint density at radius 2 is 1.90 bits per heavy atom. The van der Waals surface area contributed by atoms with Crippen molar-refractivity contribution in [3.05, 3.63) is 36.0 Å². The Bertz CT molecular complexity index is 613. The van der Waals surface area contributed by atoms with Gasteiger partial charge in [-0.15, -0.1) is 5.10 Å². The van der Waals surface area contributed by atoms with Gasteiger partial charge in [0.1, 0.15) is 12.4 Å². The molecule has 21 heavy (non-hydrogen) atoms. The lowest BCUT2D eigenvalue weighted by Crippen LogP contribution is -2.48. The fourth-order valence-electron chi connectivity index (χ4n) is 3.57. The first-order valence-corrected chi connectivity index (χ1v) is 7.63. The van der Waals surface area contributed by atoms with E-state index in [1.165, 1.54) is 25.9 Å². The maximum atomic E-state index is 12.6. The van der Waals surface area contributed by atoms with Crippen molar-refractivity contribution in [3.8, 4) is 11.3 Å². The molecule has 0 aliphatic carbocycles. The summed E-state index contributed by atoms with van der Waals surface area (Å²) in [6.07, 6.45) is 4.58. The van der Waals surface area contributed by atoms with Crippen LogP contribution in [0.2, 0.25) is 0 Å². The second-order valence-electron chi connectivity index (χ2n) is 6.12. The van der Waals surface area contributed by atoms with Crippen molar-refractivity contribution in [2.75, 3.05) is 19.6 Å². The molecular weight excluding hydrogens is 266 g/mol. The molecule has 2 aromatic rings. The highest BCUT2D eigenvalue weighted by molar-refractivity contribution is 5.57. The van der Waals surface area contributed by atoms with Gasteiger partial charge in [0.15, 0.2) is 0 Å². The van der Waals surface area contributed by atoms with Crippen molar-refractivity contribution in [1.29, 1.82) is 0 Å². The van der Waals surface area contributed by atoms with Crippen molar-refractivity contribution in [3.63, 3.8) is 0 Å². The first-order valence-electron chi connectivity index (χ1n) is 7.63. The average Bonchev–Trinajstić information content (AvgIpc) is 3.06. The molecule has 3 saturated heterocycles. The van der Waals surface area contributed by atoms with E-state index in [1.807, 2.05) is 35.1 Å². The molecule has 0 radical (unpaired) electrons. The molecule has 110 valence electrons. The topological polar surface area (TPSA) is 34.0 Å². The third kappa shape index (κ3) is 2.35. The first kappa shape index (κ1) is 13.0. The van der Waals surface area contributed by atoms with Crippen LogP contribution in [0, 0.1) is 5.92 Å². The summed E-state index contributed by atoms with van der Waals surface area (Å²) in [4.78, 5) is 2.52. The van der Waals surface area contributed by atoms with Gasteiger partial charge in [0.25, 0.3) is 0 Å².